The van der Waals surface area contributed by atoms with Crippen molar-refractivity contribution in [1.29, 1.82) is 0 Å². The van der Waals surface area contributed by atoms with Gasteiger partial charge in [-0.25, -0.2) is 0 Å². The van der Waals surface area contributed by atoms with Gasteiger partial charge in [-0.3, -0.25) is 9.48 Å². The van der Waals surface area contributed by atoms with E-state index in [-0.39, 0.29) is 11.3 Å². The summed E-state index contributed by atoms with van der Waals surface area (Å²) in [5, 5.41) is 4.42. The number of carbonyl (C=O) groups is 1. The zero-order valence-corrected chi connectivity index (χ0v) is 19.4. The second-order valence-electron chi connectivity index (χ2n) is 12.5. The number of rotatable bonds is 3. The highest BCUT2D eigenvalue weighted by Crippen LogP contribution is 2.76. The minimum atomic E-state index is 0.247. The van der Waals surface area contributed by atoms with Crippen molar-refractivity contribution in [3.05, 3.63) is 18.0 Å². The van der Waals surface area contributed by atoms with Gasteiger partial charge < -0.3 is 0 Å². The lowest BCUT2D eigenvalue weighted by atomic mass is 9.47. The predicted molar refractivity (Wildman–Crippen MR) is 119 cm³/mol. The molecule has 5 fully saturated rings. The molecule has 5 aliphatic carbocycles. The summed E-state index contributed by atoms with van der Waals surface area (Å²) in [6.07, 6.45) is 14.0. The molecule has 0 saturated heterocycles. The van der Waals surface area contributed by atoms with Gasteiger partial charge in [0.2, 0.25) is 0 Å². The minimum Gasteiger partial charge on any atom is -0.297 e. The number of hydrogen-bond acceptors (Lipinski definition) is 2. The Bertz CT molecular complexity index is 844. The standard InChI is InChI=1S/C27H40N2O/c1-15-5-7-19-18(11-15)6-8-21-20(19)9-10-27(4)25(21)23-17(3)24(23)26(27)22(30)14-29-13-16(2)12-28-29/h12-13,15,17-21,23-26H,5-11,14H2,1-4H3. The minimum absolute atomic E-state index is 0.247. The molecule has 3 heteroatoms. The molecular weight excluding hydrogens is 368 g/mol. The molecule has 0 bridgehead atoms. The zero-order valence-electron chi connectivity index (χ0n) is 19.4. The molecular formula is C27H40N2O. The molecule has 164 valence electrons. The molecule has 5 saturated carbocycles. The highest BCUT2D eigenvalue weighted by Gasteiger charge is 2.73. The van der Waals surface area contributed by atoms with Crippen molar-refractivity contribution in [2.45, 2.75) is 79.2 Å². The molecule has 1 aromatic heterocycles. The van der Waals surface area contributed by atoms with Crippen LogP contribution < -0.4 is 0 Å². The first kappa shape index (κ1) is 19.6. The van der Waals surface area contributed by atoms with Gasteiger partial charge in [-0.1, -0.05) is 27.2 Å². The summed E-state index contributed by atoms with van der Waals surface area (Å²) in [6.45, 7) is 9.99. The summed E-state index contributed by atoms with van der Waals surface area (Å²) in [4.78, 5) is 13.6. The van der Waals surface area contributed by atoms with Gasteiger partial charge in [0.25, 0.3) is 0 Å². The van der Waals surface area contributed by atoms with Crippen molar-refractivity contribution in [2.24, 2.45) is 64.6 Å². The van der Waals surface area contributed by atoms with Crippen molar-refractivity contribution in [3.63, 3.8) is 0 Å². The monoisotopic (exact) mass is 408 g/mol. The zero-order chi connectivity index (χ0) is 20.8. The summed E-state index contributed by atoms with van der Waals surface area (Å²) < 4.78 is 1.89. The maximum atomic E-state index is 13.6. The van der Waals surface area contributed by atoms with Gasteiger partial charge in [0.05, 0.1) is 12.7 Å². The van der Waals surface area contributed by atoms with Crippen LogP contribution in [0, 0.1) is 71.5 Å². The summed E-state index contributed by atoms with van der Waals surface area (Å²) in [5.41, 5.74) is 1.40. The molecule has 11 unspecified atom stereocenters. The maximum Gasteiger partial charge on any atom is 0.158 e. The van der Waals surface area contributed by atoms with Crippen LogP contribution in [0.2, 0.25) is 0 Å². The van der Waals surface area contributed by atoms with E-state index in [1.54, 1.807) is 0 Å². The molecule has 0 aliphatic heterocycles. The van der Waals surface area contributed by atoms with Crippen LogP contribution >= 0.6 is 0 Å². The predicted octanol–water partition coefficient (Wildman–Crippen LogP) is 5.77. The maximum absolute atomic E-state index is 13.6. The second-order valence-corrected chi connectivity index (χ2v) is 12.5. The lowest BCUT2D eigenvalue weighted by molar-refractivity contribution is -0.135. The molecule has 0 aromatic carbocycles. The number of hydrogen-bond donors (Lipinski definition) is 0. The smallest absolute Gasteiger partial charge is 0.158 e. The SMILES string of the molecule is Cc1cnn(CC(=O)C2C3C(C)C3C3C4CCC5CC(C)CCC5C4CCC23C)c1. The number of fused-ring (bicyclic) bond motifs is 7. The van der Waals surface area contributed by atoms with Crippen molar-refractivity contribution < 1.29 is 4.79 Å². The molecule has 1 heterocycles. The molecule has 0 amide bonds. The topological polar surface area (TPSA) is 34.9 Å². The van der Waals surface area contributed by atoms with Crippen molar-refractivity contribution in [3.8, 4) is 0 Å². The fraction of sp³-hybridized carbons (Fsp3) is 0.852. The van der Waals surface area contributed by atoms with Crippen LogP contribution in [0.5, 0.6) is 0 Å². The highest BCUT2D eigenvalue weighted by atomic mass is 16.1. The summed E-state index contributed by atoms with van der Waals surface area (Å²) >= 11 is 0. The van der Waals surface area contributed by atoms with Crippen LogP contribution in [0.3, 0.4) is 0 Å². The van der Waals surface area contributed by atoms with E-state index < -0.39 is 0 Å². The Morgan fingerprint density at radius 2 is 1.90 bits per heavy atom. The first-order chi connectivity index (χ1) is 14.4. The molecule has 1 aromatic rings. The Labute approximate surface area is 182 Å². The van der Waals surface area contributed by atoms with E-state index in [2.05, 4.69) is 32.8 Å². The van der Waals surface area contributed by atoms with Gasteiger partial charge in [0.15, 0.2) is 5.78 Å². The third-order valence-corrected chi connectivity index (χ3v) is 11.0. The third kappa shape index (κ3) is 2.69. The van der Waals surface area contributed by atoms with Crippen LogP contribution in [0.25, 0.3) is 0 Å². The molecule has 0 N–H and O–H groups in total. The second kappa shape index (κ2) is 6.69. The number of carbonyl (C=O) groups excluding carboxylic acids is 1. The van der Waals surface area contributed by atoms with Crippen LogP contribution in [-0.4, -0.2) is 15.6 Å². The molecule has 5 aliphatic rings. The van der Waals surface area contributed by atoms with Crippen molar-refractivity contribution in [2.75, 3.05) is 0 Å². The Morgan fingerprint density at radius 3 is 2.67 bits per heavy atom. The van der Waals surface area contributed by atoms with Gasteiger partial charge in [-0.2, -0.15) is 5.10 Å². The van der Waals surface area contributed by atoms with Gasteiger partial charge in [-0.15, -0.1) is 0 Å². The highest BCUT2D eigenvalue weighted by molar-refractivity contribution is 5.83. The van der Waals surface area contributed by atoms with E-state index in [1.807, 2.05) is 17.1 Å². The van der Waals surface area contributed by atoms with E-state index in [0.29, 0.717) is 18.2 Å². The molecule has 11 atom stereocenters. The van der Waals surface area contributed by atoms with E-state index >= 15 is 0 Å². The fourth-order valence-electron chi connectivity index (χ4n) is 9.90. The molecule has 3 nitrogen and oxygen atoms in total. The largest absolute Gasteiger partial charge is 0.297 e. The molecule has 0 spiro atoms. The Morgan fingerprint density at radius 1 is 1.10 bits per heavy atom. The van der Waals surface area contributed by atoms with Crippen LogP contribution in [0.4, 0.5) is 0 Å². The van der Waals surface area contributed by atoms with Crippen molar-refractivity contribution >= 4 is 5.78 Å². The van der Waals surface area contributed by atoms with E-state index in [4.69, 9.17) is 0 Å². The Kier molecular flexibility index (Phi) is 4.36. The van der Waals surface area contributed by atoms with Gasteiger partial charge in [0.1, 0.15) is 0 Å². The number of aryl methyl sites for hydroxylation is 1. The average Bonchev–Trinajstić information content (AvgIpc) is 3.04. The molecule has 0 radical (unpaired) electrons. The number of Topliss-reactive ketones (excluding diaryl/α,β-unsaturated/α-hetero) is 1. The van der Waals surface area contributed by atoms with Crippen LogP contribution in [0.1, 0.15) is 71.3 Å². The van der Waals surface area contributed by atoms with Gasteiger partial charge in [-0.05, 0) is 110 Å². The first-order valence-electron chi connectivity index (χ1n) is 12.9. The van der Waals surface area contributed by atoms with E-state index in [0.717, 1.165) is 52.9 Å². The first-order valence-corrected chi connectivity index (χ1v) is 12.9. The van der Waals surface area contributed by atoms with E-state index in [1.165, 1.54) is 44.9 Å². The normalized spacial score (nSPS) is 51.5. The quantitative estimate of drug-likeness (QED) is 0.636. The van der Waals surface area contributed by atoms with Gasteiger partial charge >= 0.3 is 0 Å². The Hall–Kier alpha value is -1.12. The number of ketones is 1. The van der Waals surface area contributed by atoms with E-state index in [9.17, 15) is 4.79 Å². The van der Waals surface area contributed by atoms with Crippen LogP contribution in [-0.2, 0) is 11.3 Å². The van der Waals surface area contributed by atoms with Gasteiger partial charge in [0, 0.05) is 12.1 Å². The molecule has 6 rings (SSSR count). The van der Waals surface area contributed by atoms with Crippen LogP contribution in [0.15, 0.2) is 12.4 Å². The third-order valence-electron chi connectivity index (χ3n) is 11.0. The average molecular weight is 409 g/mol. The lowest BCUT2D eigenvalue weighted by Crippen LogP contribution is -2.51. The number of aromatic nitrogens is 2. The lowest BCUT2D eigenvalue weighted by Gasteiger charge is -2.57. The Balaban J connectivity index is 1.27. The fourth-order valence-corrected chi connectivity index (χ4v) is 9.90. The number of nitrogens with zero attached hydrogens (tertiary/aromatic N) is 2. The summed E-state index contributed by atoms with van der Waals surface area (Å²) in [6, 6.07) is 0. The van der Waals surface area contributed by atoms with Crippen molar-refractivity contribution in [1.82, 2.24) is 9.78 Å². The molecule has 30 heavy (non-hydrogen) atoms. The summed E-state index contributed by atoms with van der Waals surface area (Å²) in [7, 11) is 0. The summed E-state index contributed by atoms with van der Waals surface area (Å²) in [5.74, 6) is 8.63.